The van der Waals surface area contributed by atoms with E-state index in [1.807, 2.05) is 16.8 Å². The van der Waals surface area contributed by atoms with Gasteiger partial charge in [-0.15, -0.1) is 0 Å². The molecule has 1 fully saturated rings. The van der Waals surface area contributed by atoms with Crippen molar-refractivity contribution in [2.45, 2.75) is 12.8 Å². The van der Waals surface area contributed by atoms with Crippen molar-refractivity contribution < 1.29 is 18.3 Å². The molecule has 6 heteroatoms. The summed E-state index contributed by atoms with van der Waals surface area (Å²) in [5.41, 5.74) is 0.978. The van der Waals surface area contributed by atoms with Crippen molar-refractivity contribution >= 4 is 27.1 Å². The standard InChI is InChI=1S/C11H14O4S2/c12-11(13)10(5-8-1-3-16-6-8)9-2-4-17(14,15)7-9/h1,3,6,9-10H,2,4-5,7H2,(H,12,13). The molecule has 1 aliphatic heterocycles. The molecule has 0 bridgehead atoms. The molecular formula is C11H14O4S2. The SMILES string of the molecule is O=C(O)C(Cc1ccsc1)C1CCS(=O)(=O)C1. The molecule has 1 aromatic rings. The quantitative estimate of drug-likeness (QED) is 0.901. The lowest BCUT2D eigenvalue weighted by molar-refractivity contribution is -0.143. The third-order valence-corrected chi connectivity index (χ3v) is 5.72. The van der Waals surface area contributed by atoms with Crippen LogP contribution >= 0.6 is 11.3 Å². The minimum atomic E-state index is -3.01. The zero-order chi connectivity index (χ0) is 12.5. The van der Waals surface area contributed by atoms with Crippen LogP contribution in [0.25, 0.3) is 0 Å². The van der Waals surface area contributed by atoms with Gasteiger partial charge in [0.05, 0.1) is 17.4 Å². The summed E-state index contributed by atoms with van der Waals surface area (Å²) >= 11 is 1.52. The van der Waals surface area contributed by atoms with E-state index in [2.05, 4.69) is 0 Å². The van der Waals surface area contributed by atoms with Crippen LogP contribution in [0, 0.1) is 11.8 Å². The number of rotatable bonds is 4. The number of carboxylic acid groups (broad SMARTS) is 1. The highest BCUT2D eigenvalue weighted by atomic mass is 32.2. The predicted octanol–water partition coefficient (Wildman–Crippen LogP) is 1.43. The Labute approximate surface area is 104 Å². The molecule has 1 saturated heterocycles. The molecule has 1 aromatic heterocycles. The van der Waals surface area contributed by atoms with Gasteiger partial charge >= 0.3 is 5.97 Å². The van der Waals surface area contributed by atoms with Crippen LogP contribution in [0.1, 0.15) is 12.0 Å². The van der Waals surface area contributed by atoms with E-state index in [4.69, 9.17) is 0 Å². The highest BCUT2D eigenvalue weighted by Gasteiger charge is 2.37. The first-order valence-corrected chi connectivity index (χ1v) is 8.18. The second-order valence-corrected chi connectivity index (χ2v) is 7.45. The van der Waals surface area contributed by atoms with E-state index in [1.54, 1.807) is 0 Å². The highest BCUT2D eigenvalue weighted by Crippen LogP contribution is 2.29. The van der Waals surface area contributed by atoms with Gasteiger partial charge in [-0.3, -0.25) is 4.79 Å². The summed E-state index contributed by atoms with van der Waals surface area (Å²) in [7, 11) is -3.01. The fourth-order valence-corrected chi connectivity index (χ4v) is 4.82. The lowest BCUT2D eigenvalue weighted by Gasteiger charge is -2.17. The maximum absolute atomic E-state index is 11.4. The smallest absolute Gasteiger partial charge is 0.307 e. The molecule has 1 N–H and O–H groups in total. The number of hydrogen-bond donors (Lipinski definition) is 1. The van der Waals surface area contributed by atoms with Crippen LogP contribution in [0.4, 0.5) is 0 Å². The molecular weight excluding hydrogens is 260 g/mol. The van der Waals surface area contributed by atoms with Crippen LogP contribution in [0.5, 0.6) is 0 Å². The Morgan fingerprint density at radius 2 is 2.35 bits per heavy atom. The number of aliphatic carboxylic acids is 1. The summed E-state index contributed by atoms with van der Waals surface area (Å²) in [4.78, 5) is 11.2. The van der Waals surface area contributed by atoms with Crippen molar-refractivity contribution in [1.82, 2.24) is 0 Å². The summed E-state index contributed by atoms with van der Waals surface area (Å²) in [5.74, 6) is -1.56. The van der Waals surface area contributed by atoms with Crippen LogP contribution in [0.2, 0.25) is 0 Å². The van der Waals surface area contributed by atoms with Crippen molar-refractivity contribution in [2.24, 2.45) is 11.8 Å². The number of carboxylic acids is 1. The molecule has 0 aliphatic carbocycles. The monoisotopic (exact) mass is 274 g/mol. The molecule has 0 spiro atoms. The second kappa shape index (κ2) is 4.78. The van der Waals surface area contributed by atoms with Gasteiger partial charge in [0, 0.05) is 0 Å². The lowest BCUT2D eigenvalue weighted by Crippen LogP contribution is -2.26. The maximum Gasteiger partial charge on any atom is 0.307 e. The number of carbonyl (C=O) groups is 1. The molecule has 2 rings (SSSR count). The predicted molar refractivity (Wildman–Crippen MR) is 65.9 cm³/mol. The lowest BCUT2D eigenvalue weighted by atomic mass is 9.87. The highest BCUT2D eigenvalue weighted by molar-refractivity contribution is 7.91. The molecule has 94 valence electrons. The Kier molecular flexibility index (Phi) is 3.53. The topological polar surface area (TPSA) is 71.4 Å². The van der Waals surface area contributed by atoms with Gasteiger partial charge in [0.15, 0.2) is 9.84 Å². The van der Waals surface area contributed by atoms with Gasteiger partial charge in [-0.1, -0.05) is 0 Å². The van der Waals surface area contributed by atoms with E-state index in [1.165, 1.54) is 11.3 Å². The van der Waals surface area contributed by atoms with Crippen molar-refractivity contribution in [3.8, 4) is 0 Å². The molecule has 2 atom stereocenters. The number of hydrogen-bond acceptors (Lipinski definition) is 4. The average Bonchev–Trinajstić information content (AvgIpc) is 2.83. The Hall–Kier alpha value is -0.880. The zero-order valence-electron chi connectivity index (χ0n) is 9.20. The Morgan fingerprint density at radius 1 is 1.59 bits per heavy atom. The number of sulfone groups is 1. The molecule has 0 amide bonds. The van der Waals surface area contributed by atoms with Gasteiger partial charge in [-0.25, -0.2) is 8.42 Å². The van der Waals surface area contributed by atoms with Gasteiger partial charge in [0.2, 0.25) is 0 Å². The van der Waals surface area contributed by atoms with Gasteiger partial charge in [0.1, 0.15) is 0 Å². The van der Waals surface area contributed by atoms with E-state index in [-0.39, 0.29) is 17.4 Å². The third kappa shape index (κ3) is 3.07. The van der Waals surface area contributed by atoms with Gasteiger partial charge < -0.3 is 5.11 Å². The Bertz CT molecular complexity index is 490. The van der Waals surface area contributed by atoms with Crippen LogP contribution in [0.15, 0.2) is 16.8 Å². The minimum Gasteiger partial charge on any atom is -0.481 e. The van der Waals surface area contributed by atoms with Gasteiger partial charge in [-0.2, -0.15) is 11.3 Å². The summed E-state index contributed by atoms with van der Waals surface area (Å²) in [5, 5.41) is 13.0. The second-order valence-electron chi connectivity index (χ2n) is 4.44. The van der Waals surface area contributed by atoms with Crippen LogP contribution < -0.4 is 0 Å². The van der Waals surface area contributed by atoms with E-state index in [9.17, 15) is 18.3 Å². The summed E-state index contributed by atoms with van der Waals surface area (Å²) in [6, 6.07) is 1.89. The fraction of sp³-hybridized carbons (Fsp3) is 0.545. The molecule has 2 heterocycles. The molecule has 17 heavy (non-hydrogen) atoms. The van der Waals surface area contributed by atoms with Crippen molar-refractivity contribution in [1.29, 1.82) is 0 Å². The number of thiophene rings is 1. The van der Waals surface area contributed by atoms with Crippen molar-refractivity contribution in [3.05, 3.63) is 22.4 Å². The zero-order valence-corrected chi connectivity index (χ0v) is 10.8. The minimum absolute atomic E-state index is 0.0219. The summed E-state index contributed by atoms with van der Waals surface area (Å²) in [6.07, 6.45) is 0.905. The van der Waals surface area contributed by atoms with E-state index in [0.717, 1.165) is 5.56 Å². The first-order chi connectivity index (χ1) is 7.98. The summed E-state index contributed by atoms with van der Waals surface area (Å²) < 4.78 is 22.8. The molecule has 2 unspecified atom stereocenters. The Balaban J connectivity index is 2.11. The van der Waals surface area contributed by atoms with Crippen LogP contribution in [0.3, 0.4) is 0 Å². The Morgan fingerprint density at radius 3 is 2.82 bits per heavy atom. The van der Waals surface area contributed by atoms with Gasteiger partial charge in [0.25, 0.3) is 0 Å². The molecule has 1 aliphatic rings. The van der Waals surface area contributed by atoms with Crippen LogP contribution in [-0.2, 0) is 21.1 Å². The molecule has 0 radical (unpaired) electrons. The van der Waals surface area contributed by atoms with Crippen molar-refractivity contribution in [3.63, 3.8) is 0 Å². The molecule has 4 nitrogen and oxygen atoms in total. The fourth-order valence-electron chi connectivity index (χ4n) is 2.26. The third-order valence-electron chi connectivity index (χ3n) is 3.19. The van der Waals surface area contributed by atoms with E-state index < -0.39 is 21.7 Å². The van der Waals surface area contributed by atoms with Crippen molar-refractivity contribution in [2.75, 3.05) is 11.5 Å². The largest absolute Gasteiger partial charge is 0.481 e. The van der Waals surface area contributed by atoms with Crippen LogP contribution in [-0.4, -0.2) is 31.0 Å². The average molecular weight is 274 g/mol. The summed E-state index contributed by atoms with van der Waals surface area (Å²) in [6.45, 7) is 0. The van der Waals surface area contributed by atoms with E-state index in [0.29, 0.717) is 12.8 Å². The first kappa shape index (κ1) is 12.6. The maximum atomic E-state index is 11.4. The normalized spacial score (nSPS) is 24.6. The first-order valence-electron chi connectivity index (χ1n) is 5.42. The molecule has 0 saturated carbocycles. The van der Waals surface area contributed by atoms with Gasteiger partial charge in [-0.05, 0) is 41.1 Å². The molecule has 0 aromatic carbocycles. The van der Waals surface area contributed by atoms with E-state index >= 15 is 0 Å².